The fourth-order valence-electron chi connectivity index (χ4n) is 2.98. The van der Waals surface area contributed by atoms with Crippen LogP contribution in [0.15, 0.2) is 0 Å². The number of methoxy groups -OCH3 is 1. The highest BCUT2D eigenvalue weighted by atomic mass is 16.5. The van der Waals surface area contributed by atoms with E-state index in [-0.39, 0.29) is 5.41 Å². The summed E-state index contributed by atoms with van der Waals surface area (Å²) in [4.78, 5) is 4.74. The summed E-state index contributed by atoms with van der Waals surface area (Å²) >= 11 is 0. The van der Waals surface area contributed by atoms with E-state index in [4.69, 9.17) is 14.5 Å². The summed E-state index contributed by atoms with van der Waals surface area (Å²) in [5.74, 6) is 2.48. The van der Waals surface area contributed by atoms with Crippen molar-refractivity contribution in [3.63, 3.8) is 0 Å². The smallest absolute Gasteiger partial charge is 0.159 e. The van der Waals surface area contributed by atoms with Crippen molar-refractivity contribution < 1.29 is 9.47 Å². The summed E-state index contributed by atoms with van der Waals surface area (Å²) < 4.78 is 10.7. The van der Waals surface area contributed by atoms with Crippen molar-refractivity contribution in [3.8, 4) is 0 Å². The van der Waals surface area contributed by atoms with Crippen LogP contribution < -0.4 is 0 Å². The summed E-state index contributed by atoms with van der Waals surface area (Å²) in [6.45, 7) is 2.41. The molecule has 5 nitrogen and oxygen atoms in total. The maximum Gasteiger partial charge on any atom is 0.159 e. The number of H-pyrrole nitrogens is 1. The first-order chi connectivity index (χ1) is 8.84. The first-order valence-corrected chi connectivity index (χ1v) is 6.83. The third-order valence-electron chi connectivity index (χ3n) is 4.32. The second-order valence-electron chi connectivity index (χ2n) is 5.50. The zero-order chi connectivity index (χ0) is 12.4. The Morgan fingerprint density at radius 2 is 2.17 bits per heavy atom. The summed E-state index contributed by atoms with van der Waals surface area (Å²) in [5, 5.41) is 7.58. The van der Waals surface area contributed by atoms with Gasteiger partial charge >= 0.3 is 0 Å². The first-order valence-electron chi connectivity index (χ1n) is 6.83. The molecule has 0 unspecified atom stereocenters. The van der Waals surface area contributed by atoms with Gasteiger partial charge in [-0.1, -0.05) is 6.42 Å². The highest BCUT2D eigenvalue weighted by molar-refractivity contribution is 5.14. The third-order valence-corrected chi connectivity index (χ3v) is 4.32. The largest absolute Gasteiger partial charge is 0.384 e. The molecule has 0 radical (unpaired) electrons. The van der Waals surface area contributed by atoms with Crippen LogP contribution in [-0.4, -0.2) is 42.1 Å². The Kier molecular flexibility index (Phi) is 3.35. The molecule has 0 spiro atoms. The molecule has 1 saturated carbocycles. The van der Waals surface area contributed by atoms with E-state index in [9.17, 15) is 0 Å². The fraction of sp³-hybridized carbons (Fsp3) is 0.846. The molecule has 2 heterocycles. The van der Waals surface area contributed by atoms with Crippen molar-refractivity contribution in [3.05, 3.63) is 11.6 Å². The van der Waals surface area contributed by atoms with Crippen molar-refractivity contribution >= 4 is 0 Å². The lowest BCUT2D eigenvalue weighted by atomic mass is 9.69. The van der Waals surface area contributed by atoms with Gasteiger partial charge in [-0.2, -0.15) is 5.10 Å². The molecule has 1 aromatic rings. The summed E-state index contributed by atoms with van der Waals surface area (Å²) in [7, 11) is 1.76. The van der Waals surface area contributed by atoms with E-state index < -0.39 is 0 Å². The van der Waals surface area contributed by atoms with Crippen molar-refractivity contribution in [2.75, 3.05) is 26.9 Å². The van der Waals surface area contributed by atoms with Gasteiger partial charge in [0.05, 0.1) is 12.0 Å². The van der Waals surface area contributed by atoms with Crippen LogP contribution in [0.5, 0.6) is 0 Å². The van der Waals surface area contributed by atoms with E-state index >= 15 is 0 Å². The van der Waals surface area contributed by atoms with Gasteiger partial charge in [0, 0.05) is 26.2 Å². The number of nitrogens with zero attached hydrogens (tertiary/aromatic N) is 2. The minimum absolute atomic E-state index is 0.0780. The maximum absolute atomic E-state index is 5.38. The van der Waals surface area contributed by atoms with Gasteiger partial charge in [-0.05, 0) is 25.7 Å². The Hall–Kier alpha value is -0.940. The molecule has 2 aliphatic rings. The number of hydrogen-bond donors (Lipinski definition) is 1. The van der Waals surface area contributed by atoms with Crippen molar-refractivity contribution in [2.24, 2.45) is 0 Å². The average molecular weight is 251 g/mol. The molecule has 1 aliphatic carbocycles. The number of aromatic nitrogens is 3. The van der Waals surface area contributed by atoms with Gasteiger partial charge in [-0.3, -0.25) is 5.10 Å². The molecular formula is C13H21N3O2. The Morgan fingerprint density at radius 1 is 1.39 bits per heavy atom. The normalized spacial score (nSPS) is 23.8. The summed E-state index contributed by atoms with van der Waals surface area (Å²) in [5.41, 5.74) is 0.0780. The third kappa shape index (κ3) is 2.06. The van der Waals surface area contributed by atoms with Crippen LogP contribution >= 0.6 is 0 Å². The van der Waals surface area contributed by atoms with Crippen LogP contribution in [-0.2, 0) is 14.9 Å². The highest BCUT2D eigenvalue weighted by Gasteiger charge is 2.42. The molecular weight excluding hydrogens is 230 g/mol. The number of hydrogen-bond acceptors (Lipinski definition) is 4. The zero-order valence-corrected chi connectivity index (χ0v) is 10.9. The Morgan fingerprint density at radius 3 is 2.78 bits per heavy atom. The van der Waals surface area contributed by atoms with Crippen LogP contribution in [0.2, 0.25) is 0 Å². The van der Waals surface area contributed by atoms with Gasteiger partial charge < -0.3 is 9.47 Å². The quantitative estimate of drug-likeness (QED) is 0.886. The molecule has 18 heavy (non-hydrogen) atoms. The van der Waals surface area contributed by atoms with E-state index in [2.05, 4.69) is 10.2 Å². The second kappa shape index (κ2) is 4.97. The molecule has 100 valence electrons. The van der Waals surface area contributed by atoms with Gasteiger partial charge in [0.1, 0.15) is 5.82 Å². The molecule has 1 N–H and O–H groups in total. The molecule has 1 saturated heterocycles. The van der Waals surface area contributed by atoms with Crippen molar-refractivity contribution in [1.82, 2.24) is 15.2 Å². The lowest BCUT2D eigenvalue weighted by Crippen LogP contribution is -2.39. The number of ether oxygens (including phenoxy) is 2. The predicted octanol–water partition coefficient (Wildman–Crippen LogP) is 1.77. The van der Waals surface area contributed by atoms with Gasteiger partial charge in [0.2, 0.25) is 0 Å². The van der Waals surface area contributed by atoms with E-state index in [1.54, 1.807) is 7.11 Å². The van der Waals surface area contributed by atoms with Crippen molar-refractivity contribution in [2.45, 2.75) is 43.4 Å². The predicted molar refractivity (Wildman–Crippen MR) is 66.6 cm³/mol. The zero-order valence-electron chi connectivity index (χ0n) is 10.9. The standard InChI is InChI=1S/C13H21N3O2/c1-17-9-13(5-2-6-13)12-14-11(15-16-12)10-3-7-18-8-4-10/h10H,2-9H2,1H3,(H,14,15,16). The summed E-state index contributed by atoms with van der Waals surface area (Å²) in [6.07, 6.45) is 5.64. The van der Waals surface area contributed by atoms with E-state index in [0.717, 1.165) is 57.2 Å². The van der Waals surface area contributed by atoms with Crippen LogP contribution in [0.4, 0.5) is 0 Å². The Balaban J connectivity index is 1.75. The van der Waals surface area contributed by atoms with Gasteiger partial charge in [-0.15, -0.1) is 0 Å². The highest BCUT2D eigenvalue weighted by Crippen LogP contribution is 2.42. The molecule has 1 aliphatic heterocycles. The maximum atomic E-state index is 5.38. The molecule has 0 aromatic carbocycles. The van der Waals surface area contributed by atoms with E-state index in [0.29, 0.717) is 5.92 Å². The minimum atomic E-state index is 0.0780. The molecule has 5 heteroatoms. The van der Waals surface area contributed by atoms with Crippen LogP contribution in [0, 0.1) is 0 Å². The summed E-state index contributed by atoms with van der Waals surface area (Å²) in [6, 6.07) is 0. The van der Waals surface area contributed by atoms with Gasteiger partial charge in [0.25, 0.3) is 0 Å². The number of aromatic amines is 1. The number of rotatable bonds is 4. The van der Waals surface area contributed by atoms with Crippen LogP contribution in [0.25, 0.3) is 0 Å². The molecule has 1 aromatic heterocycles. The van der Waals surface area contributed by atoms with Crippen molar-refractivity contribution in [1.29, 1.82) is 0 Å². The van der Waals surface area contributed by atoms with E-state index in [1.165, 1.54) is 6.42 Å². The Labute approximate surface area is 107 Å². The molecule has 3 rings (SSSR count). The Bertz CT molecular complexity index is 395. The number of nitrogens with one attached hydrogen (secondary N) is 1. The monoisotopic (exact) mass is 251 g/mol. The fourth-order valence-corrected chi connectivity index (χ4v) is 2.98. The average Bonchev–Trinajstić information content (AvgIpc) is 2.84. The second-order valence-corrected chi connectivity index (χ2v) is 5.50. The first kappa shape index (κ1) is 12.1. The molecule has 0 bridgehead atoms. The lowest BCUT2D eigenvalue weighted by molar-refractivity contribution is 0.0729. The molecule has 0 amide bonds. The SMILES string of the molecule is COCC1(c2n[nH]c(C3CCOCC3)n2)CCC1. The molecule has 0 atom stereocenters. The minimum Gasteiger partial charge on any atom is -0.384 e. The molecule has 2 fully saturated rings. The van der Waals surface area contributed by atoms with E-state index in [1.807, 2.05) is 0 Å². The van der Waals surface area contributed by atoms with Crippen LogP contribution in [0.1, 0.15) is 49.7 Å². The topological polar surface area (TPSA) is 60.0 Å². The van der Waals surface area contributed by atoms with Gasteiger partial charge in [0.15, 0.2) is 5.82 Å². The van der Waals surface area contributed by atoms with Gasteiger partial charge in [-0.25, -0.2) is 4.98 Å². The lowest BCUT2D eigenvalue weighted by Gasteiger charge is -2.38. The van der Waals surface area contributed by atoms with Crippen LogP contribution in [0.3, 0.4) is 0 Å².